The summed E-state index contributed by atoms with van der Waals surface area (Å²) < 4.78 is 5.85. The molecule has 1 aromatic heterocycles. The Morgan fingerprint density at radius 2 is 1.93 bits per heavy atom. The first-order valence-electron chi connectivity index (χ1n) is 11.3. The van der Waals surface area contributed by atoms with E-state index in [4.69, 9.17) is 14.7 Å². The van der Waals surface area contributed by atoms with Crippen LogP contribution in [0.3, 0.4) is 0 Å². The van der Waals surface area contributed by atoms with Crippen LogP contribution >= 0.6 is 0 Å². The van der Waals surface area contributed by atoms with Crippen LogP contribution in [0.4, 0.5) is 5.95 Å². The molecule has 6 nitrogen and oxygen atoms in total. The molecule has 2 fully saturated rings. The van der Waals surface area contributed by atoms with Gasteiger partial charge in [-0.3, -0.25) is 4.79 Å². The predicted molar refractivity (Wildman–Crippen MR) is 114 cm³/mol. The third kappa shape index (κ3) is 4.90. The minimum absolute atomic E-state index is 0.0132. The van der Waals surface area contributed by atoms with E-state index in [2.05, 4.69) is 37.9 Å². The first-order valence-corrected chi connectivity index (χ1v) is 11.3. The van der Waals surface area contributed by atoms with Crippen LogP contribution in [0.15, 0.2) is 6.20 Å². The SMILES string of the molecule is C[C@@H]1CN(c2ncc3c(n2)CC(C)(C)C[C@H]3NC(=O)CC2CCCC2)C[C@@H](C)O1. The van der Waals surface area contributed by atoms with E-state index in [1.165, 1.54) is 25.7 Å². The maximum atomic E-state index is 12.7. The van der Waals surface area contributed by atoms with Gasteiger partial charge in [0, 0.05) is 31.3 Å². The lowest BCUT2D eigenvalue weighted by Crippen LogP contribution is -2.46. The Labute approximate surface area is 174 Å². The molecule has 6 heteroatoms. The van der Waals surface area contributed by atoms with E-state index in [0.29, 0.717) is 12.3 Å². The van der Waals surface area contributed by atoms with Crippen molar-refractivity contribution in [3.05, 3.63) is 17.5 Å². The molecule has 0 aromatic carbocycles. The minimum Gasteiger partial charge on any atom is -0.372 e. The number of nitrogens with one attached hydrogen (secondary N) is 1. The van der Waals surface area contributed by atoms with E-state index in [-0.39, 0.29) is 29.6 Å². The molecule has 1 amide bonds. The topological polar surface area (TPSA) is 67.4 Å². The van der Waals surface area contributed by atoms with Gasteiger partial charge in [0.1, 0.15) is 0 Å². The molecule has 0 radical (unpaired) electrons. The monoisotopic (exact) mass is 400 g/mol. The van der Waals surface area contributed by atoms with Crippen LogP contribution < -0.4 is 10.2 Å². The normalized spacial score (nSPS) is 29.5. The van der Waals surface area contributed by atoms with Gasteiger partial charge < -0.3 is 15.0 Å². The summed E-state index contributed by atoms with van der Waals surface area (Å²) in [5.74, 6) is 1.54. The van der Waals surface area contributed by atoms with E-state index in [0.717, 1.165) is 43.1 Å². The van der Waals surface area contributed by atoms with Crippen LogP contribution in [-0.4, -0.2) is 41.2 Å². The van der Waals surface area contributed by atoms with Crippen molar-refractivity contribution < 1.29 is 9.53 Å². The molecule has 1 aliphatic heterocycles. The number of rotatable bonds is 4. The molecule has 1 N–H and O–H groups in total. The summed E-state index contributed by atoms with van der Waals surface area (Å²) in [4.78, 5) is 24.6. The number of morpholine rings is 1. The van der Waals surface area contributed by atoms with Crippen molar-refractivity contribution in [1.82, 2.24) is 15.3 Å². The second-order valence-corrected chi connectivity index (χ2v) is 10.3. The number of carbonyl (C=O) groups excluding carboxylic acids is 1. The Morgan fingerprint density at radius 3 is 2.62 bits per heavy atom. The quantitative estimate of drug-likeness (QED) is 0.833. The van der Waals surface area contributed by atoms with Crippen molar-refractivity contribution in [2.45, 2.75) is 90.9 Å². The second-order valence-electron chi connectivity index (χ2n) is 10.3. The van der Waals surface area contributed by atoms with Gasteiger partial charge in [0.05, 0.1) is 23.9 Å². The van der Waals surface area contributed by atoms with Crippen LogP contribution in [0.1, 0.15) is 83.5 Å². The smallest absolute Gasteiger partial charge is 0.225 e. The van der Waals surface area contributed by atoms with Crippen molar-refractivity contribution in [2.75, 3.05) is 18.0 Å². The molecule has 2 aliphatic carbocycles. The van der Waals surface area contributed by atoms with E-state index in [1.807, 2.05) is 6.20 Å². The van der Waals surface area contributed by atoms with Crippen molar-refractivity contribution >= 4 is 11.9 Å². The fourth-order valence-electron chi connectivity index (χ4n) is 5.39. The first kappa shape index (κ1) is 20.6. The van der Waals surface area contributed by atoms with Gasteiger partial charge in [-0.25, -0.2) is 9.97 Å². The van der Waals surface area contributed by atoms with Crippen LogP contribution in [0.2, 0.25) is 0 Å². The molecule has 0 unspecified atom stereocenters. The summed E-state index contributed by atoms with van der Waals surface area (Å²) in [6.07, 6.45) is 9.76. The number of nitrogens with zero attached hydrogens (tertiary/aromatic N) is 3. The highest BCUT2D eigenvalue weighted by atomic mass is 16.5. The summed E-state index contributed by atoms with van der Waals surface area (Å²) in [6.45, 7) is 10.4. The number of anilines is 1. The maximum absolute atomic E-state index is 12.7. The van der Waals surface area contributed by atoms with E-state index >= 15 is 0 Å². The van der Waals surface area contributed by atoms with Gasteiger partial charge >= 0.3 is 0 Å². The fourth-order valence-corrected chi connectivity index (χ4v) is 5.39. The number of fused-ring (bicyclic) bond motifs is 1. The third-order valence-electron chi connectivity index (χ3n) is 6.65. The molecule has 1 aromatic rings. The van der Waals surface area contributed by atoms with Gasteiger partial charge in [-0.1, -0.05) is 26.7 Å². The van der Waals surface area contributed by atoms with Gasteiger partial charge in [-0.15, -0.1) is 0 Å². The van der Waals surface area contributed by atoms with E-state index in [9.17, 15) is 4.79 Å². The molecule has 160 valence electrons. The van der Waals surface area contributed by atoms with Crippen LogP contribution in [0.25, 0.3) is 0 Å². The minimum atomic E-state index is 0.0132. The van der Waals surface area contributed by atoms with Gasteiger partial charge in [0.2, 0.25) is 11.9 Å². The average molecular weight is 401 g/mol. The lowest BCUT2D eigenvalue weighted by Gasteiger charge is -2.38. The average Bonchev–Trinajstić information content (AvgIpc) is 3.12. The highest BCUT2D eigenvalue weighted by Crippen LogP contribution is 2.40. The van der Waals surface area contributed by atoms with Gasteiger partial charge in [0.15, 0.2) is 0 Å². The number of carbonyl (C=O) groups is 1. The summed E-state index contributed by atoms with van der Waals surface area (Å²) in [6, 6.07) is 0.0132. The van der Waals surface area contributed by atoms with Crippen molar-refractivity contribution in [3.63, 3.8) is 0 Å². The zero-order valence-electron chi connectivity index (χ0n) is 18.4. The molecule has 0 spiro atoms. The van der Waals surface area contributed by atoms with Gasteiger partial charge in [-0.05, 0) is 50.9 Å². The lowest BCUT2D eigenvalue weighted by molar-refractivity contribution is -0.123. The Hall–Kier alpha value is -1.69. The van der Waals surface area contributed by atoms with E-state index < -0.39 is 0 Å². The standard InChI is InChI=1S/C23H36N4O2/c1-15-13-27(14-16(2)29-15)22-24-12-18-19(10-23(3,4)11-20(18)26-22)25-21(28)9-17-7-5-6-8-17/h12,15-17,19H,5-11,13-14H2,1-4H3,(H,25,28)/t15-,16-,19-/m1/s1. The molecule has 3 aliphatic rings. The molecular weight excluding hydrogens is 364 g/mol. The van der Waals surface area contributed by atoms with Crippen molar-refractivity contribution in [3.8, 4) is 0 Å². The van der Waals surface area contributed by atoms with Gasteiger partial charge in [-0.2, -0.15) is 0 Å². The zero-order valence-corrected chi connectivity index (χ0v) is 18.4. The second kappa shape index (κ2) is 8.21. The Balaban J connectivity index is 1.51. The maximum Gasteiger partial charge on any atom is 0.225 e. The molecule has 2 heterocycles. The number of amides is 1. The van der Waals surface area contributed by atoms with Crippen LogP contribution in [-0.2, 0) is 16.0 Å². The largest absolute Gasteiger partial charge is 0.372 e. The molecular formula is C23H36N4O2. The van der Waals surface area contributed by atoms with Crippen LogP contribution in [0.5, 0.6) is 0 Å². The Bertz CT molecular complexity index is 734. The summed E-state index contributed by atoms with van der Waals surface area (Å²) in [7, 11) is 0. The summed E-state index contributed by atoms with van der Waals surface area (Å²) >= 11 is 0. The molecule has 0 bridgehead atoms. The fraction of sp³-hybridized carbons (Fsp3) is 0.783. The molecule has 1 saturated carbocycles. The number of hydrogen-bond donors (Lipinski definition) is 1. The van der Waals surface area contributed by atoms with Crippen LogP contribution in [0, 0.1) is 11.3 Å². The predicted octanol–water partition coefficient (Wildman–Crippen LogP) is 3.80. The van der Waals surface area contributed by atoms with E-state index in [1.54, 1.807) is 0 Å². The van der Waals surface area contributed by atoms with Crippen molar-refractivity contribution in [1.29, 1.82) is 0 Å². The Kier molecular flexibility index (Phi) is 5.83. The first-order chi connectivity index (χ1) is 13.8. The third-order valence-corrected chi connectivity index (χ3v) is 6.65. The van der Waals surface area contributed by atoms with Gasteiger partial charge in [0.25, 0.3) is 0 Å². The number of ether oxygens (including phenoxy) is 1. The molecule has 3 atom stereocenters. The highest BCUT2D eigenvalue weighted by Gasteiger charge is 2.35. The highest BCUT2D eigenvalue weighted by molar-refractivity contribution is 5.76. The van der Waals surface area contributed by atoms with Crippen molar-refractivity contribution in [2.24, 2.45) is 11.3 Å². The number of aromatic nitrogens is 2. The molecule has 1 saturated heterocycles. The Morgan fingerprint density at radius 1 is 1.24 bits per heavy atom. The summed E-state index contributed by atoms with van der Waals surface area (Å²) in [5.41, 5.74) is 2.29. The summed E-state index contributed by atoms with van der Waals surface area (Å²) in [5, 5.41) is 3.32. The number of hydrogen-bond acceptors (Lipinski definition) is 5. The lowest BCUT2D eigenvalue weighted by atomic mass is 9.74. The molecule has 29 heavy (non-hydrogen) atoms. The zero-order chi connectivity index (χ0) is 20.6. The molecule has 4 rings (SSSR count).